The number of aromatic nitrogens is 4. The molecule has 1 amide bonds. The first kappa shape index (κ1) is 21.0. The van der Waals surface area contributed by atoms with E-state index in [0.29, 0.717) is 40.0 Å². The van der Waals surface area contributed by atoms with Gasteiger partial charge in [0.25, 0.3) is 5.91 Å². The van der Waals surface area contributed by atoms with Gasteiger partial charge in [0.2, 0.25) is 5.88 Å². The standard InChI is InChI=1S/C22H20FN5O4/c1-30-17-7-6-15(13-18(17)31-2)22(29)24-10-11-32-20-9-8-19-25-26-21(28(19)27-20)14-4-3-5-16(23)12-14/h3-9,12-13H,10-11H2,1-2H3,(H,24,29). The number of benzene rings is 2. The van der Waals surface area contributed by atoms with Crippen LogP contribution in [0.1, 0.15) is 10.4 Å². The summed E-state index contributed by atoms with van der Waals surface area (Å²) in [4.78, 5) is 12.4. The first-order valence-electron chi connectivity index (χ1n) is 9.70. The zero-order valence-electron chi connectivity index (χ0n) is 17.4. The highest BCUT2D eigenvalue weighted by atomic mass is 19.1. The molecule has 0 aliphatic heterocycles. The molecule has 2 aromatic carbocycles. The summed E-state index contributed by atoms with van der Waals surface area (Å²) in [6.45, 7) is 0.445. The van der Waals surface area contributed by atoms with E-state index in [9.17, 15) is 9.18 Å². The fourth-order valence-electron chi connectivity index (χ4n) is 3.06. The van der Waals surface area contributed by atoms with Crippen LogP contribution in [0.4, 0.5) is 4.39 Å². The van der Waals surface area contributed by atoms with Gasteiger partial charge in [0.1, 0.15) is 12.4 Å². The topological polar surface area (TPSA) is 99.9 Å². The van der Waals surface area contributed by atoms with Gasteiger partial charge in [-0.1, -0.05) is 12.1 Å². The highest BCUT2D eigenvalue weighted by molar-refractivity contribution is 5.94. The van der Waals surface area contributed by atoms with Crippen LogP contribution >= 0.6 is 0 Å². The lowest BCUT2D eigenvalue weighted by atomic mass is 10.2. The van der Waals surface area contributed by atoms with E-state index in [2.05, 4.69) is 20.6 Å². The van der Waals surface area contributed by atoms with E-state index >= 15 is 0 Å². The lowest BCUT2D eigenvalue weighted by molar-refractivity contribution is 0.0946. The van der Waals surface area contributed by atoms with Crippen molar-refractivity contribution in [3.8, 4) is 28.8 Å². The van der Waals surface area contributed by atoms with Gasteiger partial charge in [-0.3, -0.25) is 4.79 Å². The Morgan fingerprint density at radius 3 is 2.66 bits per heavy atom. The largest absolute Gasteiger partial charge is 0.493 e. The monoisotopic (exact) mass is 437 g/mol. The predicted octanol–water partition coefficient (Wildman–Crippen LogP) is 2.76. The van der Waals surface area contributed by atoms with Crippen LogP contribution in [0.3, 0.4) is 0 Å². The van der Waals surface area contributed by atoms with Crippen LogP contribution in [0.2, 0.25) is 0 Å². The number of amides is 1. The van der Waals surface area contributed by atoms with Crippen molar-refractivity contribution in [1.82, 2.24) is 25.1 Å². The third-order valence-corrected chi connectivity index (χ3v) is 4.60. The first-order valence-corrected chi connectivity index (χ1v) is 9.70. The van der Waals surface area contributed by atoms with Crippen LogP contribution in [-0.2, 0) is 0 Å². The Kier molecular flexibility index (Phi) is 6.11. The average Bonchev–Trinajstić information content (AvgIpc) is 3.24. The van der Waals surface area contributed by atoms with Crippen molar-refractivity contribution in [2.75, 3.05) is 27.4 Å². The lowest BCUT2D eigenvalue weighted by Crippen LogP contribution is -2.28. The van der Waals surface area contributed by atoms with Crippen molar-refractivity contribution in [3.63, 3.8) is 0 Å². The van der Waals surface area contributed by atoms with E-state index in [0.717, 1.165) is 0 Å². The molecule has 2 heterocycles. The predicted molar refractivity (Wildman–Crippen MR) is 114 cm³/mol. The fourth-order valence-corrected chi connectivity index (χ4v) is 3.06. The average molecular weight is 437 g/mol. The molecule has 0 unspecified atom stereocenters. The van der Waals surface area contributed by atoms with Gasteiger partial charge in [0.15, 0.2) is 23.0 Å². The normalized spacial score (nSPS) is 10.7. The number of nitrogens with one attached hydrogen (secondary N) is 1. The molecule has 2 aromatic heterocycles. The van der Waals surface area contributed by atoms with E-state index in [-0.39, 0.29) is 24.9 Å². The second-order valence-corrected chi connectivity index (χ2v) is 6.65. The minimum atomic E-state index is -0.378. The molecular weight excluding hydrogens is 417 g/mol. The Labute approximate surface area is 182 Å². The fraction of sp³-hybridized carbons (Fsp3) is 0.182. The Morgan fingerprint density at radius 1 is 1.03 bits per heavy atom. The lowest BCUT2D eigenvalue weighted by Gasteiger charge is -2.10. The quantitative estimate of drug-likeness (QED) is 0.423. The molecule has 0 aliphatic rings. The van der Waals surface area contributed by atoms with E-state index in [1.807, 2.05) is 0 Å². The van der Waals surface area contributed by atoms with Gasteiger partial charge in [-0.2, -0.15) is 4.52 Å². The summed E-state index contributed by atoms with van der Waals surface area (Å²) in [5, 5.41) is 15.3. The van der Waals surface area contributed by atoms with E-state index < -0.39 is 0 Å². The number of rotatable bonds is 8. The molecule has 4 rings (SSSR count). The molecule has 0 spiro atoms. The minimum Gasteiger partial charge on any atom is -0.493 e. The second-order valence-electron chi connectivity index (χ2n) is 6.65. The molecule has 0 saturated carbocycles. The number of fused-ring (bicyclic) bond motifs is 1. The number of hydrogen-bond acceptors (Lipinski definition) is 7. The van der Waals surface area contributed by atoms with E-state index in [1.54, 1.807) is 42.5 Å². The number of hydrogen-bond donors (Lipinski definition) is 1. The van der Waals surface area contributed by atoms with Crippen molar-refractivity contribution in [2.24, 2.45) is 0 Å². The van der Waals surface area contributed by atoms with Crippen molar-refractivity contribution in [2.45, 2.75) is 0 Å². The van der Waals surface area contributed by atoms with Gasteiger partial charge in [-0.25, -0.2) is 4.39 Å². The molecular formula is C22H20FN5O4. The highest BCUT2D eigenvalue weighted by Gasteiger charge is 2.12. The molecule has 32 heavy (non-hydrogen) atoms. The molecule has 0 saturated heterocycles. The number of nitrogens with zero attached hydrogens (tertiary/aromatic N) is 4. The highest BCUT2D eigenvalue weighted by Crippen LogP contribution is 2.27. The first-order chi connectivity index (χ1) is 15.6. The maximum Gasteiger partial charge on any atom is 0.251 e. The minimum absolute atomic E-state index is 0.189. The van der Waals surface area contributed by atoms with Crippen molar-refractivity contribution < 1.29 is 23.4 Å². The molecule has 0 atom stereocenters. The number of methoxy groups -OCH3 is 2. The molecule has 9 nitrogen and oxygen atoms in total. The van der Waals surface area contributed by atoms with Crippen LogP contribution in [0, 0.1) is 5.82 Å². The van der Waals surface area contributed by atoms with Crippen molar-refractivity contribution in [3.05, 3.63) is 66.0 Å². The van der Waals surface area contributed by atoms with Gasteiger partial charge in [0, 0.05) is 17.2 Å². The van der Waals surface area contributed by atoms with Crippen LogP contribution in [0.15, 0.2) is 54.6 Å². The Bertz CT molecular complexity index is 1260. The summed E-state index contributed by atoms with van der Waals surface area (Å²) in [5.41, 5.74) is 1.48. The van der Waals surface area contributed by atoms with Crippen molar-refractivity contribution >= 4 is 11.6 Å². The maximum absolute atomic E-state index is 13.6. The number of halogens is 1. The third kappa shape index (κ3) is 4.43. The zero-order chi connectivity index (χ0) is 22.5. The van der Waals surface area contributed by atoms with Gasteiger partial charge in [0.05, 0.1) is 20.8 Å². The number of carbonyl (C=O) groups is 1. The molecule has 0 fully saturated rings. The van der Waals surface area contributed by atoms with Gasteiger partial charge < -0.3 is 19.5 Å². The summed E-state index contributed by atoms with van der Waals surface area (Å²) in [6.07, 6.45) is 0. The zero-order valence-corrected chi connectivity index (χ0v) is 17.4. The van der Waals surface area contributed by atoms with Crippen LogP contribution in [-0.4, -0.2) is 53.1 Å². The maximum atomic E-state index is 13.6. The summed E-state index contributed by atoms with van der Waals surface area (Å²) in [6, 6.07) is 14.3. The van der Waals surface area contributed by atoms with Crippen LogP contribution < -0.4 is 19.5 Å². The van der Waals surface area contributed by atoms with E-state index in [1.165, 1.54) is 30.9 Å². The molecule has 0 radical (unpaired) electrons. The van der Waals surface area contributed by atoms with Gasteiger partial charge in [-0.15, -0.1) is 15.3 Å². The summed E-state index contributed by atoms with van der Waals surface area (Å²) < 4.78 is 31.1. The Hall–Kier alpha value is -4.21. The van der Waals surface area contributed by atoms with Gasteiger partial charge in [-0.05, 0) is 36.4 Å². The molecule has 1 N–H and O–H groups in total. The SMILES string of the molecule is COc1ccc(C(=O)NCCOc2ccc3nnc(-c4cccc(F)c4)n3n2)cc1OC. The van der Waals surface area contributed by atoms with Crippen LogP contribution in [0.5, 0.6) is 17.4 Å². The second kappa shape index (κ2) is 9.29. The van der Waals surface area contributed by atoms with Crippen molar-refractivity contribution in [1.29, 1.82) is 0 Å². The van der Waals surface area contributed by atoms with Crippen LogP contribution in [0.25, 0.3) is 17.0 Å². The Morgan fingerprint density at radius 2 is 1.88 bits per heavy atom. The molecule has 4 aromatic rings. The number of ether oxygens (including phenoxy) is 3. The number of carbonyl (C=O) groups excluding carboxylic acids is 1. The molecule has 0 bridgehead atoms. The Balaban J connectivity index is 1.38. The molecule has 0 aliphatic carbocycles. The molecule has 164 valence electrons. The third-order valence-electron chi connectivity index (χ3n) is 4.60. The molecule has 10 heteroatoms. The smallest absolute Gasteiger partial charge is 0.251 e. The van der Waals surface area contributed by atoms with Gasteiger partial charge >= 0.3 is 0 Å². The summed E-state index contributed by atoms with van der Waals surface area (Å²) in [7, 11) is 3.04. The summed E-state index contributed by atoms with van der Waals surface area (Å²) in [5.74, 6) is 1.07. The van der Waals surface area contributed by atoms with E-state index in [4.69, 9.17) is 14.2 Å². The summed E-state index contributed by atoms with van der Waals surface area (Å²) >= 11 is 0.